The SMILES string of the molecule is COc1ccc(CNC(C)c2cc(Br)ccc2F)cn1. The highest BCUT2D eigenvalue weighted by Crippen LogP contribution is 2.21. The maximum Gasteiger partial charge on any atom is 0.212 e. The quantitative estimate of drug-likeness (QED) is 0.899. The van der Waals surface area contributed by atoms with Crippen LogP contribution >= 0.6 is 15.9 Å². The van der Waals surface area contributed by atoms with Crippen LogP contribution in [0.3, 0.4) is 0 Å². The molecular weight excluding hydrogens is 323 g/mol. The number of rotatable bonds is 5. The lowest BCUT2D eigenvalue weighted by atomic mass is 10.1. The summed E-state index contributed by atoms with van der Waals surface area (Å²) in [5, 5.41) is 3.28. The highest BCUT2D eigenvalue weighted by molar-refractivity contribution is 9.10. The first-order chi connectivity index (χ1) is 9.60. The lowest BCUT2D eigenvalue weighted by Gasteiger charge is -2.15. The van der Waals surface area contributed by atoms with Crippen LogP contribution in [0, 0.1) is 5.82 Å². The van der Waals surface area contributed by atoms with Crippen LogP contribution in [0.2, 0.25) is 0 Å². The van der Waals surface area contributed by atoms with E-state index in [-0.39, 0.29) is 11.9 Å². The number of benzene rings is 1. The van der Waals surface area contributed by atoms with Crippen LogP contribution in [0.4, 0.5) is 4.39 Å². The molecule has 0 spiro atoms. The minimum Gasteiger partial charge on any atom is -0.481 e. The van der Waals surface area contributed by atoms with E-state index < -0.39 is 0 Å². The summed E-state index contributed by atoms with van der Waals surface area (Å²) < 4.78 is 19.6. The molecule has 1 N–H and O–H groups in total. The van der Waals surface area contributed by atoms with E-state index in [9.17, 15) is 4.39 Å². The summed E-state index contributed by atoms with van der Waals surface area (Å²) in [4.78, 5) is 4.14. The zero-order valence-corrected chi connectivity index (χ0v) is 12.9. The molecule has 2 aromatic rings. The average Bonchev–Trinajstić information content (AvgIpc) is 2.47. The van der Waals surface area contributed by atoms with Crippen LogP contribution in [0.1, 0.15) is 24.1 Å². The highest BCUT2D eigenvalue weighted by atomic mass is 79.9. The van der Waals surface area contributed by atoms with E-state index >= 15 is 0 Å². The lowest BCUT2D eigenvalue weighted by molar-refractivity contribution is 0.397. The Morgan fingerprint density at radius 3 is 2.80 bits per heavy atom. The Morgan fingerprint density at radius 1 is 1.35 bits per heavy atom. The highest BCUT2D eigenvalue weighted by Gasteiger charge is 2.11. The molecule has 1 aromatic carbocycles. The van der Waals surface area contributed by atoms with Gasteiger partial charge < -0.3 is 10.1 Å². The molecule has 1 heterocycles. The van der Waals surface area contributed by atoms with Crippen molar-refractivity contribution in [3.63, 3.8) is 0 Å². The molecule has 0 aliphatic heterocycles. The summed E-state index contributed by atoms with van der Waals surface area (Å²) in [7, 11) is 1.58. The second-order valence-corrected chi connectivity index (χ2v) is 5.39. The van der Waals surface area contributed by atoms with Crippen molar-refractivity contribution >= 4 is 15.9 Å². The van der Waals surface area contributed by atoms with Gasteiger partial charge in [-0.2, -0.15) is 0 Å². The summed E-state index contributed by atoms with van der Waals surface area (Å²) in [5.41, 5.74) is 1.66. The van der Waals surface area contributed by atoms with Crippen molar-refractivity contribution in [1.29, 1.82) is 0 Å². The average molecular weight is 339 g/mol. The first-order valence-electron chi connectivity index (χ1n) is 6.27. The summed E-state index contributed by atoms with van der Waals surface area (Å²) >= 11 is 3.36. The van der Waals surface area contributed by atoms with Gasteiger partial charge in [0.2, 0.25) is 5.88 Å². The van der Waals surface area contributed by atoms with Crippen LogP contribution in [-0.4, -0.2) is 12.1 Å². The standard InChI is InChI=1S/C15H16BrFN2O/c1-10(13-7-12(16)4-5-14(13)17)18-8-11-3-6-15(20-2)19-9-11/h3-7,9-10,18H,8H2,1-2H3. The number of hydrogen-bond donors (Lipinski definition) is 1. The normalized spacial score (nSPS) is 12.2. The monoisotopic (exact) mass is 338 g/mol. The molecule has 0 saturated carbocycles. The van der Waals surface area contributed by atoms with E-state index in [0.29, 0.717) is 18.0 Å². The van der Waals surface area contributed by atoms with Crippen LogP contribution < -0.4 is 10.1 Å². The molecular formula is C15H16BrFN2O. The topological polar surface area (TPSA) is 34.1 Å². The first-order valence-corrected chi connectivity index (χ1v) is 7.06. The molecule has 2 rings (SSSR count). The van der Waals surface area contributed by atoms with E-state index in [1.54, 1.807) is 31.5 Å². The number of nitrogens with zero attached hydrogens (tertiary/aromatic N) is 1. The van der Waals surface area contributed by atoms with Crippen molar-refractivity contribution < 1.29 is 9.13 Å². The molecule has 0 amide bonds. The fourth-order valence-corrected chi connectivity index (χ4v) is 2.24. The molecule has 0 saturated heterocycles. The largest absolute Gasteiger partial charge is 0.481 e. The Kier molecular flexibility index (Phi) is 5.09. The Bertz CT molecular complexity index is 575. The van der Waals surface area contributed by atoms with Gasteiger partial charge in [-0.1, -0.05) is 22.0 Å². The molecule has 5 heteroatoms. The Labute approximate surface area is 126 Å². The Morgan fingerprint density at radius 2 is 2.15 bits per heavy atom. The molecule has 20 heavy (non-hydrogen) atoms. The molecule has 1 atom stereocenters. The fraction of sp³-hybridized carbons (Fsp3) is 0.267. The maximum absolute atomic E-state index is 13.8. The van der Waals surface area contributed by atoms with Gasteiger partial charge in [0.1, 0.15) is 5.82 Å². The van der Waals surface area contributed by atoms with Gasteiger partial charge in [-0.15, -0.1) is 0 Å². The fourth-order valence-electron chi connectivity index (χ4n) is 1.86. The number of nitrogens with one attached hydrogen (secondary N) is 1. The third-order valence-corrected chi connectivity index (χ3v) is 3.54. The summed E-state index contributed by atoms with van der Waals surface area (Å²) in [5.74, 6) is 0.376. The molecule has 0 aliphatic carbocycles. The van der Waals surface area contributed by atoms with E-state index in [4.69, 9.17) is 4.74 Å². The zero-order chi connectivity index (χ0) is 14.5. The molecule has 3 nitrogen and oxygen atoms in total. The molecule has 0 aliphatic rings. The number of halogens is 2. The molecule has 1 aromatic heterocycles. The van der Waals surface area contributed by atoms with Crippen LogP contribution in [0.5, 0.6) is 5.88 Å². The summed E-state index contributed by atoms with van der Waals surface area (Å²) in [6, 6.07) is 8.60. The number of hydrogen-bond acceptors (Lipinski definition) is 3. The van der Waals surface area contributed by atoms with Crippen LogP contribution in [-0.2, 0) is 6.54 Å². The van der Waals surface area contributed by atoms with E-state index in [2.05, 4.69) is 26.2 Å². The third kappa shape index (κ3) is 3.77. The van der Waals surface area contributed by atoms with Gasteiger partial charge in [0.25, 0.3) is 0 Å². The van der Waals surface area contributed by atoms with Gasteiger partial charge >= 0.3 is 0 Å². The maximum atomic E-state index is 13.8. The Balaban J connectivity index is 2.00. The number of aromatic nitrogens is 1. The van der Waals surface area contributed by atoms with Gasteiger partial charge in [-0.25, -0.2) is 9.37 Å². The predicted molar refractivity (Wildman–Crippen MR) is 80.1 cm³/mol. The molecule has 0 bridgehead atoms. The minimum atomic E-state index is -0.207. The first kappa shape index (κ1) is 14.9. The second kappa shape index (κ2) is 6.81. The molecule has 0 fully saturated rings. The van der Waals surface area contributed by atoms with Gasteiger partial charge in [0.15, 0.2) is 0 Å². The van der Waals surface area contributed by atoms with Gasteiger partial charge in [0.05, 0.1) is 7.11 Å². The van der Waals surface area contributed by atoms with E-state index in [1.807, 2.05) is 13.0 Å². The van der Waals surface area contributed by atoms with Gasteiger partial charge in [0, 0.05) is 34.9 Å². The number of pyridine rings is 1. The minimum absolute atomic E-state index is 0.0883. The second-order valence-electron chi connectivity index (χ2n) is 4.48. The van der Waals surface area contributed by atoms with Crippen LogP contribution in [0.25, 0.3) is 0 Å². The Hall–Kier alpha value is -1.46. The summed E-state index contributed by atoms with van der Waals surface area (Å²) in [6.07, 6.45) is 1.75. The van der Waals surface area contributed by atoms with Crippen LogP contribution in [0.15, 0.2) is 41.0 Å². The molecule has 106 valence electrons. The molecule has 0 radical (unpaired) electrons. The zero-order valence-electron chi connectivity index (χ0n) is 11.4. The van der Waals surface area contributed by atoms with Gasteiger partial charge in [-0.3, -0.25) is 0 Å². The van der Waals surface area contributed by atoms with E-state index in [0.717, 1.165) is 10.0 Å². The third-order valence-electron chi connectivity index (χ3n) is 3.04. The van der Waals surface area contributed by atoms with Crippen molar-refractivity contribution in [1.82, 2.24) is 10.3 Å². The van der Waals surface area contributed by atoms with E-state index in [1.165, 1.54) is 6.07 Å². The predicted octanol–water partition coefficient (Wildman–Crippen LogP) is 3.84. The van der Waals surface area contributed by atoms with Crippen molar-refractivity contribution in [3.05, 3.63) is 57.9 Å². The molecule has 1 unspecified atom stereocenters. The smallest absolute Gasteiger partial charge is 0.212 e. The number of methoxy groups -OCH3 is 1. The van der Waals surface area contributed by atoms with Gasteiger partial charge in [-0.05, 0) is 30.7 Å². The lowest BCUT2D eigenvalue weighted by Crippen LogP contribution is -2.19. The summed E-state index contributed by atoms with van der Waals surface area (Å²) in [6.45, 7) is 2.55. The van der Waals surface area contributed by atoms with Crippen molar-refractivity contribution in [2.75, 3.05) is 7.11 Å². The number of ether oxygens (including phenoxy) is 1. The van der Waals surface area contributed by atoms with Crippen molar-refractivity contribution in [2.45, 2.75) is 19.5 Å². The van der Waals surface area contributed by atoms with Crippen molar-refractivity contribution in [2.24, 2.45) is 0 Å². The van der Waals surface area contributed by atoms with Crippen molar-refractivity contribution in [3.8, 4) is 5.88 Å².